The van der Waals surface area contributed by atoms with E-state index < -0.39 is 6.03 Å². The summed E-state index contributed by atoms with van der Waals surface area (Å²) in [6.45, 7) is 0.722. The Kier molecular flexibility index (Phi) is 16.9. The highest BCUT2D eigenvalue weighted by Gasteiger charge is 1.95. The number of carbonyl (C=O) groups is 1. The van der Waals surface area contributed by atoms with E-state index in [1.807, 2.05) is 5.37 Å². The summed E-state index contributed by atoms with van der Waals surface area (Å²) in [6, 6.07) is -0.409. The molecule has 0 atom stereocenters. The largest absolute Gasteiger partial charge is 0.352 e. The van der Waals surface area contributed by atoms with Gasteiger partial charge in [0.15, 0.2) is 0 Å². The Morgan fingerprint density at radius 1 is 0.762 bits per heavy atom. The minimum Gasteiger partial charge on any atom is -0.352 e. The molecule has 2 amide bonds. The number of rotatable bonds is 16. The van der Waals surface area contributed by atoms with Gasteiger partial charge in [-0.05, 0) is 24.6 Å². The van der Waals surface area contributed by atoms with Gasteiger partial charge in [-0.1, -0.05) is 82.8 Å². The molecule has 0 aliphatic heterocycles. The molecule has 0 aromatic rings. The summed E-state index contributed by atoms with van der Waals surface area (Å²) in [6.07, 6.45) is 18.3. The van der Waals surface area contributed by atoms with Crippen molar-refractivity contribution in [2.24, 2.45) is 5.73 Å². The molecule has 0 saturated heterocycles. The molecule has 0 aliphatic carbocycles. The zero-order valence-electron chi connectivity index (χ0n) is 13.6. The van der Waals surface area contributed by atoms with Crippen LogP contribution in [0.15, 0.2) is 0 Å². The standard InChI is InChI=1S/C17H34N2OS/c18-17(20)19-15-13-11-9-7-5-3-1-2-4-6-8-10-12-14-16-21/h16H,1-15H2,(H3,18,19,20). The van der Waals surface area contributed by atoms with Crippen molar-refractivity contribution in [2.45, 2.75) is 89.9 Å². The van der Waals surface area contributed by atoms with Crippen molar-refractivity contribution in [3.05, 3.63) is 0 Å². The molecular formula is C17H34N2OS. The lowest BCUT2D eigenvalue weighted by molar-refractivity contribution is 0.248. The average molecular weight is 315 g/mol. The summed E-state index contributed by atoms with van der Waals surface area (Å²) in [7, 11) is 0. The topological polar surface area (TPSA) is 55.1 Å². The fraction of sp³-hybridized carbons (Fsp3) is 0.882. The normalized spacial score (nSPS) is 10.5. The van der Waals surface area contributed by atoms with Crippen LogP contribution in [0, 0.1) is 0 Å². The quantitative estimate of drug-likeness (QED) is 0.307. The van der Waals surface area contributed by atoms with Crippen molar-refractivity contribution in [1.82, 2.24) is 5.32 Å². The van der Waals surface area contributed by atoms with E-state index in [0.717, 1.165) is 19.4 Å². The zero-order chi connectivity index (χ0) is 15.6. The van der Waals surface area contributed by atoms with Gasteiger partial charge in [0.25, 0.3) is 0 Å². The first-order valence-corrected chi connectivity index (χ1v) is 9.21. The van der Waals surface area contributed by atoms with Gasteiger partial charge < -0.3 is 11.1 Å². The predicted molar refractivity (Wildman–Crippen MR) is 95.9 cm³/mol. The Balaban J connectivity index is 2.96. The lowest BCUT2D eigenvalue weighted by atomic mass is 10.0. The van der Waals surface area contributed by atoms with E-state index in [1.54, 1.807) is 0 Å². The fourth-order valence-corrected chi connectivity index (χ4v) is 2.68. The maximum atomic E-state index is 10.5. The monoisotopic (exact) mass is 314 g/mol. The van der Waals surface area contributed by atoms with E-state index in [-0.39, 0.29) is 0 Å². The Bertz CT molecular complexity index is 247. The van der Waals surface area contributed by atoms with Gasteiger partial charge in [0.05, 0.1) is 0 Å². The Hall–Kier alpha value is -0.640. The van der Waals surface area contributed by atoms with E-state index in [2.05, 4.69) is 5.32 Å². The molecular weight excluding hydrogens is 280 g/mol. The number of nitrogens with one attached hydrogen (secondary N) is 1. The highest BCUT2D eigenvalue weighted by atomic mass is 32.1. The summed E-state index contributed by atoms with van der Waals surface area (Å²) < 4.78 is 0. The van der Waals surface area contributed by atoms with Crippen LogP contribution >= 0.6 is 12.2 Å². The van der Waals surface area contributed by atoms with E-state index in [0.29, 0.717) is 0 Å². The summed E-state index contributed by atoms with van der Waals surface area (Å²) in [4.78, 5) is 10.5. The molecule has 0 aromatic carbocycles. The molecule has 0 rings (SSSR count). The third-order valence-corrected chi connectivity index (χ3v) is 4.03. The van der Waals surface area contributed by atoms with Crippen LogP contribution in [0.2, 0.25) is 0 Å². The Morgan fingerprint density at radius 2 is 1.14 bits per heavy atom. The Labute approximate surface area is 136 Å². The van der Waals surface area contributed by atoms with E-state index in [1.165, 1.54) is 77.0 Å². The third-order valence-electron chi connectivity index (χ3n) is 3.80. The molecule has 3 N–H and O–H groups in total. The first kappa shape index (κ1) is 20.4. The third kappa shape index (κ3) is 19.4. The van der Waals surface area contributed by atoms with Gasteiger partial charge in [0, 0.05) is 6.54 Å². The van der Waals surface area contributed by atoms with Gasteiger partial charge in [0.2, 0.25) is 0 Å². The number of hydrogen-bond donors (Lipinski definition) is 2. The summed E-state index contributed by atoms with van der Waals surface area (Å²) >= 11 is 4.82. The zero-order valence-corrected chi connectivity index (χ0v) is 14.4. The van der Waals surface area contributed by atoms with Crippen LogP contribution in [0.4, 0.5) is 4.79 Å². The smallest absolute Gasteiger partial charge is 0.312 e. The van der Waals surface area contributed by atoms with Crippen molar-refractivity contribution >= 4 is 23.6 Å². The predicted octanol–water partition coefficient (Wildman–Crippen LogP) is 5.12. The van der Waals surface area contributed by atoms with Crippen molar-refractivity contribution in [1.29, 1.82) is 0 Å². The molecule has 3 nitrogen and oxygen atoms in total. The van der Waals surface area contributed by atoms with Crippen LogP contribution in [-0.2, 0) is 0 Å². The highest BCUT2D eigenvalue weighted by Crippen LogP contribution is 2.12. The molecule has 0 spiro atoms. The van der Waals surface area contributed by atoms with Gasteiger partial charge >= 0.3 is 6.03 Å². The molecule has 0 bridgehead atoms. The summed E-state index contributed by atoms with van der Waals surface area (Å²) in [5.41, 5.74) is 5.00. The number of nitrogens with two attached hydrogens (primary N) is 1. The molecule has 0 saturated carbocycles. The van der Waals surface area contributed by atoms with Crippen molar-refractivity contribution in [2.75, 3.05) is 6.54 Å². The molecule has 0 aliphatic rings. The number of urea groups is 1. The van der Waals surface area contributed by atoms with Crippen LogP contribution in [0.25, 0.3) is 0 Å². The van der Waals surface area contributed by atoms with E-state index in [9.17, 15) is 4.79 Å². The molecule has 0 fully saturated rings. The second-order valence-electron chi connectivity index (χ2n) is 5.84. The highest BCUT2D eigenvalue weighted by molar-refractivity contribution is 7.78. The maximum absolute atomic E-state index is 10.5. The van der Waals surface area contributed by atoms with Crippen LogP contribution in [0.1, 0.15) is 89.9 Å². The van der Waals surface area contributed by atoms with Gasteiger partial charge in [-0.2, -0.15) is 0 Å². The van der Waals surface area contributed by atoms with Gasteiger partial charge in [-0.15, -0.1) is 0 Å². The van der Waals surface area contributed by atoms with Crippen LogP contribution in [0.5, 0.6) is 0 Å². The Morgan fingerprint density at radius 3 is 1.52 bits per heavy atom. The minimum atomic E-state index is -0.409. The minimum absolute atomic E-state index is 0.409. The average Bonchev–Trinajstić information content (AvgIpc) is 2.46. The lowest BCUT2D eigenvalue weighted by Crippen LogP contribution is -2.29. The van der Waals surface area contributed by atoms with Crippen molar-refractivity contribution in [3.63, 3.8) is 0 Å². The number of hydrogen-bond acceptors (Lipinski definition) is 2. The number of carbonyl (C=O) groups excluding carboxylic acids is 1. The lowest BCUT2D eigenvalue weighted by Gasteiger charge is -2.03. The first-order chi connectivity index (χ1) is 10.3. The maximum Gasteiger partial charge on any atom is 0.312 e. The number of primary amides is 1. The van der Waals surface area contributed by atoms with E-state index in [4.69, 9.17) is 18.0 Å². The van der Waals surface area contributed by atoms with Crippen LogP contribution in [0.3, 0.4) is 0 Å². The molecule has 0 aromatic heterocycles. The number of unbranched alkanes of at least 4 members (excludes halogenated alkanes) is 13. The SMILES string of the molecule is NC(=O)NCCCCCCCCCCCCCCCC=S. The van der Waals surface area contributed by atoms with Gasteiger partial charge in [-0.25, -0.2) is 4.79 Å². The van der Waals surface area contributed by atoms with Crippen molar-refractivity contribution < 1.29 is 4.79 Å². The van der Waals surface area contributed by atoms with Gasteiger partial charge in [0.1, 0.15) is 0 Å². The van der Waals surface area contributed by atoms with Crippen LogP contribution in [-0.4, -0.2) is 17.9 Å². The fourth-order valence-electron chi connectivity index (χ4n) is 2.51. The van der Waals surface area contributed by atoms with Crippen molar-refractivity contribution in [3.8, 4) is 0 Å². The molecule has 0 unspecified atom stereocenters. The summed E-state index contributed by atoms with van der Waals surface area (Å²) in [5.74, 6) is 0. The number of amides is 2. The summed E-state index contributed by atoms with van der Waals surface area (Å²) in [5, 5.41) is 4.48. The molecule has 4 heteroatoms. The number of thiocarbonyl (C=S) groups is 1. The molecule has 0 heterocycles. The van der Waals surface area contributed by atoms with Crippen LogP contribution < -0.4 is 11.1 Å². The molecule has 124 valence electrons. The first-order valence-electron chi connectivity index (χ1n) is 8.74. The van der Waals surface area contributed by atoms with E-state index >= 15 is 0 Å². The molecule has 21 heavy (non-hydrogen) atoms. The second-order valence-corrected chi connectivity index (χ2v) is 6.18. The van der Waals surface area contributed by atoms with Gasteiger partial charge in [-0.3, -0.25) is 0 Å². The second kappa shape index (κ2) is 17.4. The molecule has 0 radical (unpaired) electrons.